The van der Waals surface area contributed by atoms with Gasteiger partial charge in [-0.2, -0.15) is 0 Å². The number of nitrogens with zero attached hydrogens (tertiary/aromatic N) is 4. The largest absolute Gasteiger partial charge is 0.355 e. The van der Waals surface area contributed by atoms with Crippen molar-refractivity contribution in [2.24, 2.45) is 0 Å². The predicted octanol–water partition coefficient (Wildman–Crippen LogP) is 4.71. The smallest absolute Gasteiger partial charge is 0.183 e. The number of anilines is 1. The lowest BCUT2D eigenvalue weighted by atomic mass is 10.1. The van der Waals surface area contributed by atoms with E-state index in [-0.39, 0.29) is 0 Å². The summed E-state index contributed by atoms with van der Waals surface area (Å²) < 4.78 is 0. The summed E-state index contributed by atoms with van der Waals surface area (Å²) in [6, 6.07) is 17.5. The number of aromatic nitrogens is 3. The standard InChI is InChI=1S/C19H19ClN4/c1-3-24(4-2)19-17(14-10-12-16(20)13-11-14)22-23-18(21-19)15-8-6-5-7-9-15/h5-13H,3-4H2,1-2H3. The lowest BCUT2D eigenvalue weighted by Crippen LogP contribution is -2.24. The number of rotatable bonds is 5. The Labute approximate surface area is 147 Å². The van der Waals surface area contributed by atoms with Gasteiger partial charge in [-0.1, -0.05) is 54.1 Å². The Morgan fingerprint density at radius 1 is 0.833 bits per heavy atom. The van der Waals surface area contributed by atoms with Crippen molar-refractivity contribution in [3.8, 4) is 22.6 Å². The average molecular weight is 339 g/mol. The molecule has 0 fully saturated rings. The quantitative estimate of drug-likeness (QED) is 0.676. The highest BCUT2D eigenvalue weighted by molar-refractivity contribution is 6.30. The molecular formula is C19H19ClN4. The summed E-state index contributed by atoms with van der Waals surface area (Å²) in [5, 5.41) is 9.51. The second kappa shape index (κ2) is 7.41. The molecule has 4 nitrogen and oxygen atoms in total. The van der Waals surface area contributed by atoms with E-state index in [0.717, 1.165) is 35.7 Å². The molecule has 1 heterocycles. The lowest BCUT2D eigenvalue weighted by Gasteiger charge is -2.22. The van der Waals surface area contributed by atoms with Crippen LogP contribution in [0.3, 0.4) is 0 Å². The molecule has 5 heteroatoms. The van der Waals surface area contributed by atoms with Crippen molar-refractivity contribution in [1.29, 1.82) is 0 Å². The number of benzene rings is 2. The van der Waals surface area contributed by atoms with E-state index in [9.17, 15) is 0 Å². The fourth-order valence-electron chi connectivity index (χ4n) is 2.57. The Morgan fingerprint density at radius 2 is 1.50 bits per heavy atom. The lowest BCUT2D eigenvalue weighted by molar-refractivity contribution is 0.829. The summed E-state index contributed by atoms with van der Waals surface area (Å²) >= 11 is 6.00. The van der Waals surface area contributed by atoms with Gasteiger partial charge in [-0.15, -0.1) is 10.2 Å². The zero-order valence-corrected chi connectivity index (χ0v) is 14.5. The van der Waals surface area contributed by atoms with Crippen LogP contribution in [-0.2, 0) is 0 Å². The van der Waals surface area contributed by atoms with Gasteiger partial charge in [-0.3, -0.25) is 0 Å². The van der Waals surface area contributed by atoms with Crippen LogP contribution in [0.1, 0.15) is 13.8 Å². The Hall–Kier alpha value is -2.46. The van der Waals surface area contributed by atoms with Crippen LogP contribution in [0, 0.1) is 0 Å². The zero-order chi connectivity index (χ0) is 16.9. The molecule has 0 unspecified atom stereocenters. The summed E-state index contributed by atoms with van der Waals surface area (Å²) in [4.78, 5) is 6.99. The van der Waals surface area contributed by atoms with Crippen LogP contribution in [0.4, 0.5) is 5.82 Å². The average Bonchev–Trinajstić information content (AvgIpc) is 2.64. The van der Waals surface area contributed by atoms with Crippen LogP contribution in [-0.4, -0.2) is 28.3 Å². The molecule has 0 saturated carbocycles. The van der Waals surface area contributed by atoms with Gasteiger partial charge in [0.25, 0.3) is 0 Å². The molecule has 3 aromatic rings. The molecule has 0 aliphatic carbocycles. The Kier molecular flexibility index (Phi) is 5.06. The van der Waals surface area contributed by atoms with Gasteiger partial charge in [0.15, 0.2) is 11.6 Å². The number of halogens is 1. The van der Waals surface area contributed by atoms with Crippen molar-refractivity contribution in [3.05, 3.63) is 59.6 Å². The maximum Gasteiger partial charge on any atom is 0.183 e. The summed E-state index contributed by atoms with van der Waals surface area (Å²) in [5.41, 5.74) is 2.69. The molecule has 0 atom stereocenters. The molecule has 122 valence electrons. The minimum absolute atomic E-state index is 0.634. The van der Waals surface area contributed by atoms with Gasteiger partial charge in [0.2, 0.25) is 0 Å². The molecule has 24 heavy (non-hydrogen) atoms. The van der Waals surface area contributed by atoms with Gasteiger partial charge in [-0.25, -0.2) is 4.98 Å². The molecule has 0 aliphatic rings. The van der Waals surface area contributed by atoms with E-state index < -0.39 is 0 Å². The Balaban J connectivity index is 2.13. The first-order valence-electron chi connectivity index (χ1n) is 8.04. The first kappa shape index (κ1) is 16.4. The fraction of sp³-hybridized carbons (Fsp3) is 0.211. The second-order valence-corrected chi connectivity index (χ2v) is 5.79. The van der Waals surface area contributed by atoms with Gasteiger partial charge in [0, 0.05) is 29.2 Å². The van der Waals surface area contributed by atoms with E-state index in [1.165, 1.54) is 0 Å². The van der Waals surface area contributed by atoms with Gasteiger partial charge in [-0.05, 0) is 26.0 Å². The van der Waals surface area contributed by atoms with E-state index in [1.807, 2.05) is 54.6 Å². The summed E-state index contributed by atoms with van der Waals surface area (Å²) in [6.45, 7) is 5.92. The molecule has 0 spiro atoms. The van der Waals surface area contributed by atoms with Crippen molar-refractivity contribution in [3.63, 3.8) is 0 Å². The maximum atomic E-state index is 6.00. The van der Waals surface area contributed by atoms with Crippen LogP contribution in [0.5, 0.6) is 0 Å². The molecule has 0 saturated heterocycles. The van der Waals surface area contributed by atoms with Gasteiger partial charge in [0.05, 0.1) is 0 Å². The summed E-state index contributed by atoms with van der Waals surface area (Å²) in [7, 11) is 0. The van der Waals surface area contributed by atoms with E-state index in [1.54, 1.807) is 0 Å². The minimum Gasteiger partial charge on any atom is -0.355 e. The molecule has 1 aromatic heterocycles. The van der Waals surface area contributed by atoms with E-state index in [2.05, 4.69) is 28.9 Å². The molecule has 0 N–H and O–H groups in total. The van der Waals surface area contributed by atoms with Crippen LogP contribution >= 0.6 is 11.6 Å². The Bertz CT molecular complexity index is 799. The van der Waals surface area contributed by atoms with Crippen molar-refractivity contribution in [2.45, 2.75) is 13.8 Å². The van der Waals surface area contributed by atoms with Gasteiger partial charge in [0.1, 0.15) is 5.69 Å². The highest BCUT2D eigenvalue weighted by Crippen LogP contribution is 2.29. The highest BCUT2D eigenvalue weighted by atomic mass is 35.5. The van der Waals surface area contributed by atoms with Crippen molar-refractivity contribution >= 4 is 17.4 Å². The molecule has 0 amide bonds. The molecule has 0 aliphatic heterocycles. The third-order valence-electron chi connectivity index (χ3n) is 3.88. The van der Waals surface area contributed by atoms with Crippen molar-refractivity contribution in [1.82, 2.24) is 15.2 Å². The van der Waals surface area contributed by atoms with E-state index in [0.29, 0.717) is 10.8 Å². The first-order valence-corrected chi connectivity index (χ1v) is 8.41. The third-order valence-corrected chi connectivity index (χ3v) is 4.13. The SMILES string of the molecule is CCN(CC)c1nc(-c2ccccc2)nnc1-c1ccc(Cl)cc1. The van der Waals surface area contributed by atoms with Crippen molar-refractivity contribution in [2.75, 3.05) is 18.0 Å². The number of hydrogen-bond acceptors (Lipinski definition) is 4. The van der Waals surface area contributed by atoms with E-state index in [4.69, 9.17) is 16.6 Å². The molecule has 0 bridgehead atoms. The van der Waals surface area contributed by atoms with Crippen molar-refractivity contribution < 1.29 is 0 Å². The second-order valence-electron chi connectivity index (χ2n) is 5.35. The number of hydrogen-bond donors (Lipinski definition) is 0. The van der Waals surface area contributed by atoms with Crippen LogP contribution in [0.25, 0.3) is 22.6 Å². The fourth-order valence-corrected chi connectivity index (χ4v) is 2.69. The molecule has 3 rings (SSSR count). The summed E-state index contributed by atoms with van der Waals surface area (Å²) in [6.07, 6.45) is 0. The highest BCUT2D eigenvalue weighted by Gasteiger charge is 2.16. The normalized spacial score (nSPS) is 10.6. The first-order chi connectivity index (χ1) is 11.7. The van der Waals surface area contributed by atoms with Crippen LogP contribution in [0.2, 0.25) is 5.02 Å². The van der Waals surface area contributed by atoms with E-state index >= 15 is 0 Å². The topological polar surface area (TPSA) is 41.9 Å². The van der Waals surface area contributed by atoms with Gasteiger partial charge >= 0.3 is 0 Å². The van der Waals surface area contributed by atoms with Crippen LogP contribution < -0.4 is 4.90 Å². The minimum atomic E-state index is 0.634. The van der Waals surface area contributed by atoms with Crippen LogP contribution in [0.15, 0.2) is 54.6 Å². The third kappa shape index (κ3) is 3.39. The zero-order valence-electron chi connectivity index (χ0n) is 13.8. The monoisotopic (exact) mass is 338 g/mol. The maximum absolute atomic E-state index is 6.00. The summed E-state index contributed by atoms with van der Waals surface area (Å²) in [5.74, 6) is 1.48. The predicted molar refractivity (Wildman–Crippen MR) is 99.3 cm³/mol. The molecule has 0 radical (unpaired) electrons. The van der Waals surface area contributed by atoms with Gasteiger partial charge < -0.3 is 4.90 Å². The Morgan fingerprint density at radius 3 is 2.12 bits per heavy atom. The molecule has 2 aromatic carbocycles. The molecular weight excluding hydrogens is 320 g/mol.